The number of aliphatic hydroxyl groups excluding tert-OH is 4. The Morgan fingerprint density at radius 1 is 1.00 bits per heavy atom. The summed E-state index contributed by atoms with van der Waals surface area (Å²) in [5.41, 5.74) is 3.94. The molecule has 0 heterocycles. The van der Waals surface area contributed by atoms with Crippen molar-refractivity contribution in [3.05, 3.63) is 0 Å². The van der Waals surface area contributed by atoms with E-state index in [9.17, 15) is 0 Å². The molecule has 5 nitrogen and oxygen atoms in total. The van der Waals surface area contributed by atoms with E-state index in [1.165, 1.54) is 0 Å². The summed E-state index contributed by atoms with van der Waals surface area (Å²) >= 11 is 0. The Balaban J connectivity index is 0. The van der Waals surface area contributed by atoms with Crippen LogP contribution < -0.4 is 5.73 Å². The van der Waals surface area contributed by atoms with Gasteiger partial charge in [-0.25, -0.2) is 0 Å². The monoisotopic (exact) mass is 209 g/mol. The normalized spacial score (nSPS) is 11.1. The van der Waals surface area contributed by atoms with E-state index in [0.29, 0.717) is 12.5 Å². The van der Waals surface area contributed by atoms with Crippen LogP contribution in [0.3, 0.4) is 0 Å². The molecule has 0 saturated carbocycles. The van der Waals surface area contributed by atoms with Crippen LogP contribution in [0.2, 0.25) is 0 Å². The van der Waals surface area contributed by atoms with E-state index in [1.807, 2.05) is 0 Å². The Bertz CT molecular complexity index is 107. The minimum atomic E-state index is -1.21. The molecular weight excluding hydrogens is 186 g/mol. The predicted octanol–water partition coefficient (Wildman–Crippen LogP) is -1.31. The highest BCUT2D eigenvalue weighted by Gasteiger charge is 2.20. The van der Waals surface area contributed by atoms with Crippen LogP contribution in [-0.4, -0.2) is 52.4 Å². The van der Waals surface area contributed by atoms with Crippen molar-refractivity contribution in [2.45, 2.75) is 25.8 Å². The largest absolute Gasteiger partial charge is 0.396 e. The molecule has 14 heavy (non-hydrogen) atoms. The number of hydrogen-bond acceptors (Lipinski definition) is 5. The maximum atomic E-state index is 8.34. The van der Waals surface area contributed by atoms with E-state index in [1.54, 1.807) is 0 Å². The van der Waals surface area contributed by atoms with Gasteiger partial charge in [-0.1, -0.05) is 13.8 Å². The lowest BCUT2D eigenvalue weighted by molar-refractivity contribution is 0.0698. The molecule has 0 amide bonds. The van der Waals surface area contributed by atoms with Gasteiger partial charge in [0.15, 0.2) is 0 Å². The van der Waals surface area contributed by atoms with Gasteiger partial charge in [-0.15, -0.1) is 0 Å². The molecule has 0 spiro atoms. The van der Waals surface area contributed by atoms with E-state index in [4.69, 9.17) is 26.2 Å². The average Bonchev–Trinajstić information content (AvgIpc) is 2.17. The highest BCUT2D eigenvalue weighted by Crippen LogP contribution is 1.95. The van der Waals surface area contributed by atoms with Crippen molar-refractivity contribution >= 4 is 0 Å². The number of aliphatic hydroxyl groups is 4. The lowest BCUT2D eigenvalue weighted by Crippen LogP contribution is -2.50. The quantitative estimate of drug-likeness (QED) is 0.386. The van der Waals surface area contributed by atoms with E-state index in [0.717, 1.165) is 6.42 Å². The van der Waals surface area contributed by atoms with Gasteiger partial charge in [0.1, 0.15) is 0 Å². The Morgan fingerprint density at radius 3 is 1.36 bits per heavy atom. The summed E-state index contributed by atoms with van der Waals surface area (Å²) in [5, 5.41) is 33.3. The van der Waals surface area contributed by atoms with E-state index in [-0.39, 0.29) is 0 Å². The van der Waals surface area contributed by atoms with Gasteiger partial charge in [0.05, 0.1) is 25.4 Å². The molecule has 0 radical (unpaired) electrons. The standard InChI is InChI=1S/C5H12O.C4H11NO3/c1-5(2)3-4-6;5-4(1-6,2-7)3-8/h5-6H,3-4H2,1-2H3;6-8H,1-3,5H2. The van der Waals surface area contributed by atoms with Crippen molar-refractivity contribution in [2.24, 2.45) is 11.7 Å². The van der Waals surface area contributed by atoms with Gasteiger partial charge in [0, 0.05) is 6.61 Å². The van der Waals surface area contributed by atoms with Gasteiger partial charge in [-0.2, -0.15) is 0 Å². The van der Waals surface area contributed by atoms with Crippen molar-refractivity contribution in [3.8, 4) is 0 Å². The highest BCUT2D eigenvalue weighted by molar-refractivity contribution is 4.80. The summed E-state index contributed by atoms with van der Waals surface area (Å²) in [6, 6.07) is 0. The Morgan fingerprint density at radius 2 is 1.36 bits per heavy atom. The van der Waals surface area contributed by atoms with Crippen LogP contribution in [0.25, 0.3) is 0 Å². The van der Waals surface area contributed by atoms with E-state index in [2.05, 4.69) is 13.8 Å². The molecule has 5 heteroatoms. The minimum absolute atomic E-state index is 0.331. The maximum Gasteiger partial charge on any atom is 0.0856 e. The predicted molar refractivity (Wildman–Crippen MR) is 54.7 cm³/mol. The molecule has 0 atom stereocenters. The second-order valence-electron chi connectivity index (χ2n) is 3.74. The topological polar surface area (TPSA) is 107 Å². The molecule has 6 N–H and O–H groups in total. The number of nitrogens with two attached hydrogens (primary N) is 1. The van der Waals surface area contributed by atoms with Gasteiger partial charge in [0.25, 0.3) is 0 Å². The molecule has 0 aromatic heterocycles. The first-order valence-electron chi connectivity index (χ1n) is 4.68. The van der Waals surface area contributed by atoms with Crippen LogP contribution in [0.5, 0.6) is 0 Å². The van der Waals surface area contributed by atoms with Crippen molar-refractivity contribution < 1.29 is 20.4 Å². The average molecular weight is 209 g/mol. The fourth-order valence-corrected chi connectivity index (χ4v) is 0.408. The first-order valence-corrected chi connectivity index (χ1v) is 4.68. The Kier molecular flexibility index (Phi) is 10.9. The summed E-state index contributed by atoms with van der Waals surface area (Å²) in [6.07, 6.45) is 0.931. The van der Waals surface area contributed by atoms with E-state index < -0.39 is 25.4 Å². The summed E-state index contributed by atoms with van der Waals surface area (Å²) in [5.74, 6) is 0.648. The fourth-order valence-electron chi connectivity index (χ4n) is 0.408. The minimum Gasteiger partial charge on any atom is -0.396 e. The lowest BCUT2D eigenvalue weighted by atomic mass is 10.1. The first-order chi connectivity index (χ1) is 6.45. The molecule has 0 saturated heterocycles. The molecule has 0 fully saturated rings. The summed E-state index contributed by atoms with van der Waals surface area (Å²) in [6.45, 7) is 3.31. The van der Waals surface area contributed by atoms with Crippen molar-refractivity contribution in [1.29, 1.82) is 0 Å². The van der Waals surface area contributed by atoms with Crippen molar-refractivity contribution in [3.63, 3.8) is 0 Å². The van der Waals surface area contributed by atoms with Gasteiger partial charge in [0.2, 0.25) is 0 Å². The summed E-state index contributed by atoms with van der Waals surface area (Å²) in [7, 11) is 0. The molecule has 0 aromatic rings. The Hall–Kier alpha value is -0.200. The first kappa shape index (κ1) is 16.2. The molecule has 0 rings (SSSR count). The Labute approximate surface area is 85.2 Å². The van der Waals surface area contributed by atoms with Crippen molar-refractivity contribution in [1.82, 2.24) is 0 Å². The molecule has 0 bridgehead atoms. The molecular formula is C9H23NO4. The summed E-state index contributed by atoms with van der Waals surface area (Å²) < 4.78 is 0. The SMILES string of the molecule is CC(C)CCO.NC(CO)(CO)CO. The third-order valence-corrected chi connectivity index (χ3v) is 1.65. The second-order valence-corrected chi connectivity index (χ2v) is 3.74. The van der Waals surface area contributed by atoms with Crippen LogP contribution in [-0.2, 0) is 0 Å². The van der Waals surface area contributed by atoms with Crippen molar-refractivity contribution in [2.75, 3.05) is 26.4 Å². The smallest absolute Gasteiger partial charge is 0.0856 e. The maximum absolute atomic E-state index is 8.34. The lowest BCUT2D eigenvalue weighted by Gasteiger charge is -2.20. The zero-order chi connectivity index (χ0) is 11.6. The summed E-state index contributed by atoms with van der Waals surface area (Å²) in [4.78, 5) is 0. The van der Waals surface area contributed by atoms with Gasteiger partial charge >= 0.3 is 0 Å². The highest BCUT2D eigenvalue weighted by atomic mass is 16.3. The number of hydrogen-bond donors (Lipinski definition) is 5. The molecule has 0 unspecified atom stereocenters. The molecule has 0 aliphatic heterocycles. The second kappa shape index (κ2) is 9.36. The van der Waals surface area contributed by atoms with Crippen LogP contribution in [0.1, 0.15) is 20.3 Å². The molecule has 88 valence electrons. The van der Waals surface area contributed by atoms with E-state index >= 15 is 0 Å². The molecule has 0 aliphatic rings. The van der Waals surface area contributed by atoms with Gasteiger partial charge in [-0.3, -0.25) is 0 Å². The fraction of sp³-hybridized carbons (Fsp3) is 1.00. The molecule has 0 aromatic carbocycles. The van der Waals surface area contributed by atoms with Crippen LogP contribution in [0, 0.1) is 5.92 Å². The third kappa shape index (κ3) is 9.88. The van der Waals surface area contributed by atoms with Gasteiger partial charge in [-0.05, 0) is 12.3 Å². The zero-order valence-electron chi connectivity index (χ0n) is 8.98. The van der Waals surface area contributed by atoms with Crippen LogP contribution >= 0.6 is 0 Å². The van der Waals surface area contributed by atoms with Crippen LogP contribution in [0.4, 0.5) is 0 Å². The third-order valence-electron chi connectivity index (χ3n) is 1.65. The number of rotatable bonds is 5. The van der Waals surface area contributed by atoms with Crippen LogP contribution in [0.15, 0.2) is 0 Å². The zero-order valence-corrected chi connectivity index (χ0v) is 8.98. The van der Waals surface area contributed by atoms with Gasteiger partial charge < -0.3 is 26.2 Å². The molecule has 0 aliphatic carbocycles.